The van der Waals surface area contributed by atoms with Crippen molar-refractivity contribution >= 4 is 10.0 Å². The number of rotatable bonds is 9. The summed E-state index contributed by atoms with van der Waals surface area (Å²) in [6.45, 7) is 9.45. The van der Waals surface area contributed by atoms with Gasteiger partial charge in [-0.15, -0.1) is 0 Å². The summed E-state index contributed by atoms with van der Waals surface area (Å²) in [5.41, 5.74) is 0. The predicted molar refractivity (Wildman–Crippen MR) is 63.1 cm³/mol. The Kier molecular flexibility index (Phi) is 6.82. The van der Waals surface area contributed by atoms with E-state index in [1.807, 2.05) is 6.92 Å². The molecule has 0 saturated heterocycles. The molecule has 0 rings (SSSR count). The van der Waals surface area contributed by atoms with E-state index in [9.17, 15) is 8.42 Å². The first-order valence-electron chi connectivity index (χ1n) is 5.39. The minimum Gasteiger partial charge on any atom is -0.337 e. The van der Waals surface area contributed by atoms with Gasteiger partial charge in [0, 0.05) is 25.0 Å². The standard InChI is InChI=1S/C10H21NO4S/c1-5-9-10(14-6-2,15-7-3)11-16(12,13)8-4/h8,11H,4-7,9H2,1-3H3. The molecular weight excluding hydrogens is 230 g/mol. The van der Waals surface area contributed by atoms with Gasteiger partial charge in [0.15, 0.2) is 0 Å². The molecule has 5 nitrogen and oxygen atoms in total. The summed E-state index contributed by atoms with van der Waals surface area (Å²) in [7, 11) is -3.58. The Morgan fingerprint density at radius 2 is 1.75 bits per heavy atom. The van der Waals surface area contributed by atoms with Crippen molar-refractivity contribution in [2.24, 2.45) is 0 Å². The maximum absolute atomic E-state index is 11.5. The smallest absolute Gasteiger partial charge is 0.240 e. The molecule has 0 unspecified atom stereocenters. The fourth-order valence-electron chi connectivity index (χ4n) is 1.35. The minimum atomic E-state index is -3.58. The van der Waals surface area contributed by atoms with E-state index in [4.69, 9.17) is 9.47 Å². The Bertz CT molecular complexity index is 283. The van der Waals surface area contributed by atoms with Gasteiger partial charge in [-0.25, -0.2) is 8.42 Å². The third-order valence-corrected chi connectivity index (χ3v) is 2.89. The van der Waals surface area contributed by atoms with Gasteiger partial charge in [-0.2, -0.15) is 4.72 Å². The van der Waals surface area contributed by atoms with Crippen molar-refractivity contribution in [1.29, 1.82) is 0 Å². The Morgan fingerprint density at radius 1 is 1.25 bits per heavy atom. The second-order valence-electron chi connectivity index (χ2n) is 3.18. The van der Waals surface area contributed by atoms with Crippen LogP contribution in [0.5, 0.6) is 0 Å². The van der Waals surface area contributed by atoms with Crippen LogP contribution in [0.15, 0.2) is 12.0 Å². The van der Waals surface area contributed by atoms with E-state index in [-0.39, 0.29) is 0 Å². The molecule has 0 saturated carbocycles. The lowest BCUT2D eigenvalue weighted by molar-refractivity contribution is -0.244. The zero-order valence-electron chi connectivity index (χ0n) is 10.2. The SMILES string of the molecule is C=CS(=O)(=O)NC(CCC)(OCC)OCC. The van der Waals surface area contributed by atoms with E-state index in [1.165, 1.54) is 0 Å². The van der Waals surface area contributed by atoms with E-state index in [0.717, 1.165) is 11.8 Å². The Hall–Kier alpha value is -0.430. The van der Waals surface area contributed by atoms with Gasteiger partial charge < -0.3 is 9.47 Å². The van der Waals surface area contributed by atoms with Crippen LogP contribution in [0.3, 0.4) is 0 Å². The highest BCUT2D eigenvalue weighted by Gasteiger charge is 2.34. The normalized spacial score (nSPS) is 12.7. The Labute approximate surface area is 97.9 Å². The fraction of sp³-hybridized carbons (Fsp3) is 0.800. The summed E-state index contributed by atoms with van der Waals surface area (Å²) < 4.78 is 36.0. The molecule has 0 aliphatic carbocycles. The van der Waals surface area contributed by atoms with Crippen LogP contribution in [0.25, 0.3) is 0 Å². The van der Waals surface area contributed by atoms with E-state index < -0.39 is 15.9 Å². The summed E-state index contributed by atoms with van der Waals surface area (Å²) in [6, 6.07) is 0. The molecular formula is C10H21NO4S. The highest BCUT2D eigenvalue weighted by Crippen LogP contribution is 2.18. The van der Waals surface area contributed by atoms with Gasteiger partial charge in [0.25, 0.3) is 0 Å². The zero-order chi connectivity index (χ0) is 12.7. The van der Waals surface area contributed by atoms with Crippen molar-refractivity contribution in [2.45, 2.75) is 39.5 Å². The van der Waals surface area contributed by atoms with Crippen LogP contribution < -0.4 is 4.72 Å². The number of nitrogens with one attached hydrogen (secondary N) is 1. The van der Waals surface area contributed by atoms with Gasteiger partial charge in [0.1, 0.15) is 0 Å². The van der Waals surface area contributed by atoms with E-state index >= 15 is 0 Å². The van der Waals surface area contributed by atoms with Gasteiger partial charge in [-0.3, -0.25) is 0 Å². The summed E-state index contributed by atoms with van der Waals surface area (Å²) >= 11 is 0. The average Bonchev–Trinajstić information content (AvgIpc) is 2.18. The maximum atomic E-state index is 11.5. The molecule has 0 aliphatic heterocycles. The maximum Gasteiger partial charge on any atom is 0.240 e. The Morgan fingerprint density at radius 3 is 2.06 bits per heavy atom. The average molecular weight is 251 g/mol. The Balaban J connectivity index is 4.92. The minimum absolute atomic E-state index is 0.361. The third kappa shape index (κ3) is 5.07. The first-order chi connectivity index (χ1) is 7.45. The van der Waals surface area contributed by atoms with E-state index in [1.54, 1.807) is 13.8 Å². The molecule has 0 aromatic heterocycles. The van der Waals surface area contributed by atoms with Crippen LogP contribution >= 0.6 is 0 Å². The van der Waals surface area contributed by atoms with Gasteiger partial charge in [0.05, 0.1) is 0 Å². The number of hydrogen-bond acceptors (Lipinski definition) is 4. The predicted octanol–water partition coefficient (Wildman–Crippen LogP) is 1.58. The highest BCUT2D eigenvalue weighted by atomic mass is 32.2. The van der Waals surface area contributed by atoms with Crippen LogP contribution in [0.4, 0.5) is 0 Å². The number of hydrogen-bond donors (Lipinski definition) is 1. The lowest BCUT2D eigenvalue weighted by Gasteiger charge is -2.32. The summed E-state index contributed by atoms with van der Waals surface area (Å²) in [4.78, 5) is 0. The van der Waals surface area contributed by atoms with Crippen molar-refractivity contribution in [3.05, 3.63) is 12.0 Å². The summed E-state index contributed by atoms with van der Waals surface area (Å²) in [5.74, 6) is -1.27. The number of ether oxygens (including phenoxy) is 2. The molecule has 96 valence electrons. The first-order valence-corrected chi connectivity index (χ1v) is 6.94. The van der Waals surface area contributed by atoms with Gasteiger partial charge in [-0.1, -0.05) is 13.5 Å². The molecule has 0 spiro atoms. The van der Waals surface area contributed by atoms with Crippen LogP contribution in [0.1, 0.15) is 33.6 Å². The first kappa shape index (κ1) is 15.6. The van der Waals surface area contributed by atoms with Crippen LogP contribution in [0.2, 0.25) is 0 Å². The van der Waals surface area contributed by atoms with Gasteiger partial charge in [-0.05, 0) is 20.3 Å². The van der Waals surface area contributed by atoms with Gasteiger partial charge in [0.2, 0.25) is 15.9 Å². The van der Waals surface area contributed by atoms with Crippen LogP contribution in [-0.2, 0) is 19.5 Å². The fourth-order valence-corrected chi connectivity index (χ4v) is 2.09. The largest absolute Gasteiger partial charge is 0.337 e. The zero-order valence-corrected chi connectivity index (χ0v) is 11.0. The molecule has 0 fully saturated rings. The number of sulfonamides is 1. The monoisotopic (exact) mass is 251 g/mol. The molecule has 0 amide bonds. The lowest BCUT2D eigenvalue weighted by atomic mass is 10.3. The topological polar surface area (TPSA) is 64.6 Å². The van der Waals surface area contributed by atoms with Crippen molar-refractivity contribution in [2.75, 3.05) is 13.2 Å². The van der Waals surface area contributed by atoms with Gasteiger partial charge >= 0.3 is 0 Å². The molecule has 0 aromatic rings. The lowest BCUT2D eigenvalue weighted by Crippen LogP contribution is -2.52. The molecule has 0 heterocycles. The second kappa shape index (κ2) is 7.01. The molecule has 6 heteroatoms. The van der Waals surface area contributed by atoms with Crippen molar-refractivity contribution in [3.63, 3.8) is 0 Å². The molecule has 0 radical (unpaired) electrons. The van der Waals surface area contributed by atoms with E-state index in [0.29, 0.717) is 19.6 Å². The molecule has 16 heavy (non-hydrogen) atoms. The third-order valence-electron chi connectivity index (χ3n) is 1.85. The van der Waals surface area contributed by atoms with Crippen molar-refractivity contribution < 1.29 is 17.9 Å². The highest BCUT2D eigenvalue weighted by molar-refractivity contribution is 7.92. The summed E-state index contributed by atoms with van der Waals surface area (Å²) in [6.07, 6.45) is 1.18. The quantitative estimate of drug-likeness (QED) is 0.632. The second-order valence-corrected chi connectivity index (χ2v) is 4.81. The van der Waals surface area contributed by atoms with Crippen molar-refractivity contribution in [3.8, 4) is 0 Å². The van der Waals surface area contributed by atoms with E-state index in [2.05, 4.69) is 11.3 Å². The molecule has 0 atom stereocenters. The summed E-state index contributed by atoms with van der Waals surface area (Å²) in [5, 5.41) is 0.843. The molecule has 0 bridgehead atoms. The molecule has 0 aromatic carbocycles. The molecule has 0 aliphatic rings. The van der Waals surface area contributed by atoms with Crippen LogP contribution in [-0.4, -0.2) is 27.5 Å². The molecule has 1 N–H and O–H groups in total. The van der Waals surface area contributed by atoms with Crippen molar-refractivity contribution in [1.82, 2.24) is 4.72 Å². The van der Waals surface area contributed by atoms with Crippen LogP contribution in [0, 0.1) is 0 Å².